The smallest absolute Gasteiger partial charge is 0.251 e. The molecule has 3 N–H and O–H groups in total. The molecule has 0 bridgehead atoms. The van der Waals surface area contributed by atoms with Crippen molar-refractivity contribution in [2.45, 2.75) is 39.7 Å². The minimum absolute atomic E-state index is 0.0935. The lowest BCUT2D eigenvalue weighted by Gasteiger charge is -2.13. The highest BCUT2D eigenvalue weighted by Gasteiger charge is 2.19. The first kappa shape index (κ1) is 21.4. The van der Waals surface area contributed by atoms with Crippen molar-refractivity contribution in [3.8, 4) is 0 Å². The molecule has 0 fully saturated rings. The highest BCUT2D eigenvalue weighted by atomic mass is 19.1. The van der Waals surface area contributed by atoms with Crippen molar-refractivity contribution in [1.29, 1.82) is 0 Å². The molecular weight excluding hydrogens is 361 g/mol. The highest BCUT2D eigenvalue weighted by Crippen LogP contribution is 2.22. The monoisotopic (exact) mass is 389 g/mol. The van der Waals surface area contributed by atoms with Gasteiger partial charge in [0.15, 0.2) is 5.96 Å². The third kappa shape index (κ3) is 6.07. The molecule has 7 nitrogen and oxygen atoms in total. The van der Waals surface area contributed by atoms with Crippen LogP contribution in [0.5, 0.6) is 0 Å². The predicted octanol–water partition coefficient (Wildman–Crippen LogP) is 2.51. The molecule has 0 aliphatic rings. The van der Waals surface area contributed by atoms with E-state index in [1.165, 1.54) is 6.07 Å². The summed E-state index contributed by atoms with van der Waals surface area (Å²) in [5.41, 5.74) is 0.710. The Morgan fingerprint density at radius 3 is 2.54 bits per heavy atom. The molecule has 152 valence electrons. The van der Waals surface area contributed by atoms with E-state index in [1.807, 2.05) is 0 Å². The number of aliphatic imine (C=N–C) groups is 1. The Balaban J connectivity index is 1.74. The van der Waals surface area contributed by atoms with Crippen LogP contribution < -0.4 is 16.0 Å². The molecule has 28 heavy (non-hydrogen) atoms. The molecule has 0 radical (unpaired) electrons. The maximum absolute atomic E-state index is 13.5. The van der Waals surface area contributed by atoms with Crippen LogP contribution >= 0.6 is 0 Å². The maximum Gasteiger partial charge on any atom is 0.251 e. The zero-order valence-electron chi connectivity index (χ0n) is 17.0. The fourth-order valence-electron chi connectivity index (χ4n) is 2.31. The summed E-state index contributed by atoms with van der Waals surface area (Å²) in [5, 5.41) is 8.93. The SMILES string of the molecule is CN=C(NCCNC(=O)c1ccc(C)c(F)c1)NCc1ncc(C(C)(C)C)o1. The largest absolute Gasteiger partial charge is 0.443 e. The van der Waals surface area contributed by atoms with Crippen molar-refractivity contribution in [3.63, 3.8) is 0 Å². The number of guanidine groups is 1. The van der Waals surface area contributed by atoms with Crippen molar-refractivity contribution in [3.05, 3.63) is 53.0 Å². The molecule has 1 heterocycles. The van der Waals surface area contributed by atoms with Crippen LogP contribution in [-0.2, 0) is 12.0 Å². The van der Waals surface area contributed by atoms with Gasteiger partial charge in [-0.1, -0.05) is 26.8 Å². The van der Waals surface area contributed by atoms with E-state index in [0.717, 1.165) is 5.76 Å². The Bertz CT molecular complexity index is 839. The Hall–Kier alpha value is -2.90. The molecule has 0 unspecified atom stereocenters. The van der Waals surface area contributed by atoms with Gasteiger partial charge in [-0.25, -0.2) is 9.37 Å². The number of carbonyl (C=O) groups excluding carboxylic acids is 1. The first-order chi connectivity index (χ1) is 13.2. The third-order valence-corrected chi connectivity index (χ3v) is 4.06. The Morgan fingerprint density at radius 2 is 1.93 bits per heavy atom. The minimum Gasteiger partial charge on any atom is -0.443 e. The van der Waals surface area contributed by atoms with Gasteiger partial charge in [0.1, 0.15) is 11.6 Å². The van der Waals surface area contributed by atoms with Gasteiger partial charge in [-0.3, -0.25) is 9.79 Å². The van der Waals surface area contributed by atoms with Gasteiger partial charge in [-0.15, -0.1) is 0 Å². The summed E-state index contributed by atoms with van der Waals surface area (Å²) in [6.07, 6.45) is 1.73. The van der Waals surface area contributed by atoms with E-state index in [-0.39, 0.29) is 11.3 Å². The third-order valence-electron chi connectivity index (χ3n) is 4.06. The van der Waals surface area contributed by atoms with Gasteiger partial charge in [-0.2, -0.15) is 0 Å². The lowest BCUT2D eigenvalue weighted by molar-refractivity contribution is 0.0954. The summed E-state index contributed by atoms with van der Waals surface area (Å²) in [6.45, 7) is 9.05. The lowest BCUT2D eigenvalue weighted by atomic mass is 9.94. The normalized spacial score (nSPS) is 12.0. The maximum atomic E-state index is 13.5. The summed E-state index contributed by atoms with van der Waals surface area (Å²) in [7, 11) is 1.65. The van der Waals surface area contributed by atoms with Crippen LogP contribution in [0.1, 0.15) is 48.3 Å². The number of hydrogen-bond donors (Lipinski definition) is 3. The summed E-state index contributed by atoms with van der Waals surface area (Å²) >= 11 is 0. The predicted molar refractivity (Wildman–Crippen MR) is 107 cm³/mol. The van der Waals surface area contributed by atoms with Crippen molar-refractivity contribution in [1.82, 2.24) is 20.9 Å². The van der Waals surface area contributed by atoms with Gasteiger partial charge in [0, 0.05) is 31.1 Å². The van der Waals surface area contributed by atoms with E-state index in [1.54, 1.807) is 32.3 Å². The second-order valence-corrected chi connectivity index (χ2v) is 7.44. The van der Waals surface area contributed by atoms with E-state index in [4.69, 9.17) is 4.42 Å². The van der Waals surface area contributed by atoms with E-state index < -0.39 is 5.82 Å². The summed E-state index contributed by atoms with van der Waals surface area (Å²) in [5.74, 6) is 1.24. The molecule has 0 atom stereocenters. The number of nitrogens with zero attached hydrogens (tertiary/aromatic N) is 2. The molecule has 1 amide bonds. The zero-order valence-corrected chi connectivity index (χ0v) is 17.0. The van der Waals surface area contributed by atoms with Gasteiger partial charge < -0.3 is 20.4 Å². The number of aromatic nitrogens is 1. The second kappa shape index (κ2) is 9.34. The highest BCUT2D eigenvalue weighted by molar-refractivity contribution is 5.94. The standard InChI is InChI=1S/C20H28FN5O2/c1-13-6-7-14(10-15(13)21)18(27)23-8-9-24-19(22-5)26-12-17-25-11-16(28-17)20(2,3)4/h6-7,10-11H,8-9,12H2,1-5H3,(H,23,27)(H2,22,24,26). The topological polar surface area (TPSA) is 91.5 Å². The van der Waals surface area contributed by atoms with Crippen LogP contribution in [0.15, 0.2) is 33.8 Å². The summed E-state index contributed by atoms with van der Waals surface area (Å²) < 4.78 is 19.3. The molecule has 0 aliphatic heterocycles. The van der Waals surface area contributed by atoms with E-state index in [0.29, 0.717) is 42.6 Å². The first-order valence-corrected chi connectivity index (χ1v) is 9.14. The molecule has 0 saturated carbocycles. The fraction of sp³-hybridized carbons (Fsp3) is 0.450. The van der Waals surface area contributed by atoms with Crippen LogP contribution in [-0.4, -0.2) is 37.0 Å². The molecule has 1 aromatic heterocycles. The van der Waals surface area contributed by atoms with Crippen LogP contribution in [0.3, 0.4) is 0 Å². The number of benzene rings is 1. The average molecular weight is 389 g/mol. The Labute approximate surface area is 164 Å². The zero-order chi connectivity index (χ0) is 20.7. The van der Waals surface area contributed by atoms with Gasteiger partial charge in [0.2, 0.25) is 5.89 Å². The van der Waals surface area contributed by atoms with Crippen molar-refractivity contribution in [2.24, 2.45) is 4.99 Å². The van der Waals surface area contributed by atoms with Crippen LogP contribution in [0.4, 0.5) is 4.39 Å². The quantitative estimate of drug-likeness (QED) is 0.401. The first-order valence-electron chi connectivity index (χ1n) is 9.14. The molecule has 0 saturated heterocycles. The fourth-order valence-corrected chi connectivity index (χ4v) is 2.31. The van der Waals surface area contributed by atoms with E-state index >= 15 is 0 Å². The molecule has 2 rings (SSSR count). The molecular formula is C20H28FN5O2. The van der Waals surface area contributed by atoms with Gasteiger partial charge in [0.25, 0.3) is 5.91 Å². The van der Waals surface area contributed by atoms with Crippen LogP contribution in [0.2, 0.25) is 0 Å². The summed E-state index contributed by atoms with van der Waals surface area (Å²) in [6, 6.07) is 4.42. The number of nitrogens with one attached hydrogen (secondary N) is 3. The number of rotatable bonds is 6. The number of aryl methyl sites for hydroxylation is 1. The minimum atomic E-state index is -0.392. The number of halogens is 1. The number of carbonyl (C=O) groups is 1. The van der Waals surface area contributed by atoms with E-state index in [2.05, 4.69) is 46.7 Å². The van der Waals surface area contributed by atoms with Gasteiger partial charge in [0.05, 0.1) is 12.7 Å². The summed E-state index contributed by atoms with van der Waals surface area (Å²) in [4.78, 5) is 20.4. The van der Waals surface area contributed by atoms with Crippen LogP contribution in [0.25, 0.3) is 0 Å². The molecule has 0 aliphatic carbocycles. The van der Waals surface area contributed by atoms with Crippen LogP contribution in [0, 0.1) is 12.7 Å². The lowest BCUT2D eigenvalue weighted by Crippen LogP contribution is -2.41. The Kier molecular flexibility index (Phi) is 7.14. The number of oxazole rings is 1. The number of amides is 1. The molecule has 1 aromatic carbocycles. The van der Waals surface area contributed by atoms with Crippen molar-refractivity contribution in [2.75, 3.05) is 20.1 Å². The Morgan fingerprint density at radius 1 is 1.21 bits per heavy atom. The van der Waals surface area contributed by atoms with Crippen molar-refractivity contribution >= 4 is 11.9 Å². The second-order valence-electron chi connectivity index (χ2n) is 7.44. The molecule has 0 spiro atoms. The van der Waals surface area contributed by atoms with Gasteiger partial charge >= 0.3 is 0 Å². The van der Waals surface area contributed by atoms with E-state index in [9.17, 15) is 9.18 Å². The average Bonchev–Trinajstić information content (AvgIpc) is 3.12. The van der Waals surface area contributed by atoms with Gasteiger partial charge in [-0.05, 0) is 24.6 Å². The van der Waals surface area contributed by atoms with Crippen molar-refractivity contribution < 1.29 is 13.6 Å². The molecule has 2 aromatic rings. The number of hydrogen-bond acceptors (Lipinski definition) is 4. The molecule has 8 heteroatoms.